The number of amides is 2. The minimum Gasteiger partial charge on any atom is -0.352 e. The second kappa shape index (κ2) is 6.64. The molecular weight excluding hydrogens is 260 g/mol. The Morgan fingerprint density at radius 3 is 2.58 bits per heavy atom. The summed E-state index contributed by atoms with van der Waals surface area (Å²) in [6.45, 7) is 10.2. The van der Waals surface area contributed by atoms with Crippen LogP contribution in [0, 0.1) is 5.41 Å². The average molecular weight is 286 g/mol. The van der Waals surface area contributed by atoms with E-state index in [-0.39, 0.29) is 29.3 Å². The molecule has 5 heteroatoms. The summed E-state index contributed by atoms with van der Waals surface area (Å²) in [6, 6.07) is -0.133. The van der Waals surface area contributed by atoms with Crippen molar-refractivity contribution in [1.29, 1.82) is 0 Å². The molecule has 19 heavy (non-hydrogen) atoms. The van der Waals surface area contributed by atoms with Crippen molar-refractivity contribution in [2.45, 2.75) is 59.5 Å². The summed E-state index contributed by atoms with van der Waals surface area (Å²) in [4.78, 5) is 26.2. The van der Waals surface area contributed by atoms with Crippen LogP contribution in [-0.4, -0.2) is 40.4 Å². The Labute approximate surface area is 120 Å². The molecule has 0 bridgehead atoms. The monoisotopic (exact) mass is 286 g/mol. The summed E-state index contributed by atoms with van der Waals surface area (Å²) in [6.07, 6.45) is 1.39. The van der Waals surface area contributed by atoms with E-state index in [4.69, 9.17) is 0 Å². The molecule has 2 amide bonds. The van der Waals surface area contributed by atoms with Crippen LogP contribution in [0.1, 0.15) is 47.5 Å². The molecule has 0 aromatic heterocycles. The van der Waals surface area contributed by atoms with Gasteiger partial charge in [-0.2, -0.15) is 0 Å². The first kappa shape index (κ1) is 16.3. The molecule has 1 saturated heterocycles. The van der Waals surface area contributed by atoms with Crippen LogP contribution in [0.25, 0.3) is 0 Å². The predicted molar refractivity (Wildman–Crippen MR) is 79.9 cm³/mol. The van der Waals surface area contributed by atoms with Crippen molar-refractivity contribution < 1.29 is 9.59 Å². The maximum absolute atomic E-state index is 12.3. The standard InChI is InChI=1S/C14H26N2O2S/c1-6-10(2)15-13(18)11-8-19-9-16(11)12(17)7-14(3,4)5/h10-11H,6-9H2,1-5H3,(H,15,18). The number of hydrogen-bond donors (Lipinski definition) is 1. The first-order valence-electron chi connectivity index (χ1n) is 6.92. The maximum Gasteiger partial charge on any atom is 0.243 e. The van der Waals surface area contributed by atoms with Crippen LogP contribution >= 0.6 is 11.8 Å². The number of carbonyl (C=O) groups is 2. The second-order valence-corrected chi connectivity index (χ2v) is 7.43. The Hall–Kier alpha value is -0.710. The molecular formula is C14H26N2O2S. The van der Waals surface area contributed by atoms with Gasteiger partial charge in [0.1, 0.15) is 6.04 Å². The molecule has 0 aromatic carbocycles. The lowest BCUT2D eigenvalue weighted by Gasteiger charge is -2.27. The van der Waals surface area contributed by atoms with Gasteiger partial charge in [-0.05, 0) is 18.8 Å². The van der Waals surface area contributed by atoms with Gasteiger partial charge in [0.05, 0.1) is 5.88 Å². The molecule has 0 aliphatic carbocycles. The van der Waals surface area contributed by atoms with Crippen LogP contribution in [0.2, 0.25) is 0 Å². The lowest BCUT2D eigenvalue weighted by atomic mass is 9.91. The zero-order chi connectivity index (χ0) is 14.6. The third-order valence-corrected chi connectivity index (χ3v) is 4.20. The van der Waals surface area contributed by atoms with Gasteiger partial charge in [0.15, 0.2) is 0 Å². The van der Waals surface area contributed by atoms with Crippen LogP contribution < -0.4 is 5.32 Å². The van der Waals surface area contributed by atoms with E-state index in [1.165, 1.54) is 0 Å². The van der Waals surface area contributed by atoms with E-state index in [1.807, 2.05) is 34.6 Å². The van der Waals surface area contributed by atoms with Crippen molar-refractivity contribution in [3.63, 3.8) is 0 Å². The van der Waals surface area contributed by atoms with E-state index < -0.39 is 0 Å². The Morgan fingerprint density at radius 1 is 1.42 bits per heavy atom. The largest absolute Gasteiger partial charge is 0.352 e. The number of carbonyl (C=O) groups excluding carboxylic acids is 2. The van der Waals surface area contributed by atoms with Crippen molar-refractivity contribution in [1.82, 2.24) is 10.2 Å². The summed E-state index contributed by atoms with van der Waals surface area (Å²) in [7, 11) is 0. The molecule has 2 unspecified atom stereocenters. The zero-order valence-corrected chi connectivity index (χ0v) is 13.5. The van der Waals surface area contributed by atoms with Crippen molar-refractivity contribution in [3.8, 4) is 0 Å². The number of nitrogens with zero attached hydrogens (tertiary/aromatic N) is 1. The molecule has 1 rings (SSSR count). The molecule has 1 N–H and O–H groups in total. The molecule has 1 fully saturated rings. The van der Waals surface area contributed by atoms with Gasteiger partial charge >= 0.3 is 0 Å². The van der Waals surface area contributed by atoms with Gasteiger partial charge in [-0.3, -0.25) is 9.59 Å². The molecule has 1 heterocycles. The van der Waals surface area contributed by atoms with Crippen LogP contribution in [-0.2, 0) is 9.59 Å². The molecule has 2 atom stereocenters. The van der Waals surface area contributed by atoms with Gasteiger partial charge in [-0.1, -0.05) is 27.7 Å². The quantitative estimate of drug-likeness (QED) is 0.862. The fraction of sp³-hybridized carbons (Fsp3) is 0.857. The van der Waals surface area contributed by atoms with Crippen LogP contribution in [0.5, 0.6) is 0 Å². The van der Waals surface area contributed by atoms with Gasteiger partial charge in [0.2, 0.25) is 11.8 Å². The van der Waals surface area contributed by atoms with Gasteiger partial charge in [0.25, 0.3) is 0 Å². The fourth-order valence-electron chi connectivity index (χ4n) is 1.90. The van der Waals surface area contributed by atoms with E-state index in [0.29, 0.717) is 18.1 Å². The van der Waals surface area contributed by atoms with E-state index in [1.54, 1.807) is 16.7 Å². The van der Waals surface area contributed by atoms with Crippen LogP contribution in [0.4, 0.5) is 0 Å². The third kappa shape index (κ3) is 5.05. The molecule has 0 aromatic rings. The van der Waals surface area contributed by atoms with Gasteiger partial charge in [-0.25, -0.2) is 0 Å². The summed E-state index contributed by atoms with van der Waals surface area (Å²) in [5.74, 6) is 1.41. The highest BCUT2D eigenvalue weighted by Gasteiger charge is 2.35. The molecule has 1 aliphatic rings. The molecule has 4 nitrogen and oxygen atoms in total. The van der Waals surface area contributed by atoms with E-state index >= 15 is 0 Å². The molecule has 1 aliphatic heterocycles. The summed E-state index contributed by atoms with van der Waals surface area (Å²) >= 11 is 1.65. The number of thioether (sulfide) groups is 1. The summed E-state index contributed by atoms with van der Waals surface area (Å²) < 4.78 is 0. The first-order valence-corrected chi connectivity index (χ1v) is 8.07. The molecule has 0 saturated carbocycles. The van der Waals surface area contributed by atoms with Crippen molar-refractivity contribution in [2.24, 2.45) is 5.41 Å². The van der Waals surface area contributed by atoms with E-state index in [2.05, 4.69) is 5.32 Å². The lowest BCUT2D eigenvalue weighted by Crippen LogP contribution is -2.49. The number of nitrogens with one attached hydrogen (secondary N) is 1. The number of rotatable bonds is 4. The highest BCUT2D eigenvalue weighted by Crippen LogP contribution is 2.26. The minimum absolute atomic E-state index is 0.0124. The van der Waals surface area contributed by atoms with Crippen LogP contribution in [0.3, 0.4) is 0 Å². The molecule has 0 spiro atoms. The Morgan fingerprint density at radius 2 is 2.05 bits per heavy atom. The zero-order valence-electron chi connectivity index (χ0n) is 12.7. The van der Waals surface area contributed by atoms with Crippen LogP contribution in [0.15, 0.2) is 0 Å². The normalized spacial score (nSPS) is 21.3. The Bertz CT molecular complexity index is 339. The highest BCUT2D eigenvalue weighted by atomic mass is 32.2. The smallest absolute Gasteiger partial charge is 0.243 e. The highest BCUT2D eigenvalue weighted by molar-refractivity contribution is 7.99. The van der Waals surface area contributed by atoms with Gasteiger partial charge in [-0.15, -0.1) is 11.8 Å². The summed E-state index contributed by atoms with van der Waals surface area (Å²) in [5, 5.41) is 2.97. The minimum atomic E-state index is -0.297. The van der Waals surface area contributed by atoms with Gasteiger partial charge < -0.3 is 10.2 Å². The summed E-state index contributed by atoms with van der Waals surface area (Å²) in [5.41, 5.74) is -0.0396. The Kier molecular flexibility index (Phi) is 5.71. The number of hydrogen-bond acceptors (Lipinski definition) is 3. The fourth-order valence-corrected chi connectivity index (χ4v) is 3.08. The lowest BCUT2D eigenvalue weighted by molar-refractivity contribution is -0.139. The van der Waals surface area contributed by atoms with Crippen molar-refractivity contribution in [3.05, 3.63) is 0 Å². The van der Waals surface area contributed by atoms with Crippen molar-refractivity contribution >= 4 is 23.6 Å². The first-order chi connectivity index (χ1) is 8.74. The topological polar surface area (TPSA) is 49.4 Å². The predicted octanol–water partition coefficient (Wildman–Crippen LogP) is 2.24. The van der Waals surface area contributed by atoms with Crippen molar-refractivity contribution in [2.75, 3.05) is 11.6 Å². The van der Waals surface area contributed by atoms with E-state index in [0.717, 1.165) is 6.42 Å². The second-order valence-electron chi connectivity index (χ2n) is 6.43. The van der Waals surface area contributed by atoms with E-state index in [9.17, 15) is 9.59 Å². The SMILES string of the molecule is CCC(C)NC(=O)C1CSCN1C(=O)CC(C)(C)C. The molecule has 110 valence electrons. The maximum atomic E-state index is 12.3. The Balaban J connectivity index is 2.63. The average Bonchev–Trinajstić information content (AvgIpc) is 2.75. The van der Waals surface area contributed by atoms with Gasteiger partial charge in [0, 0.05) is 18.2 Å². The third-order valence-electron chi connectivity index (χ3n) is 3.19. The molecule has 0 radical (unpaired) electrons.